The molecule has 0 aliphatic heterocycles. The highest BCUT2D eigenvalue weighted by atomic mass is 19.4. The molecule has 0 aliphatic rings. The van der Waals surface area contributed by atoms with Crippen molar-refractivity contribution in [3.05, 3.63) is 35.4 Å². The van der Waals surface area contributed by atoms with E-state index in [1.807, 2.05) is 12.1 Å². The number of benzene rings is 1. The van der Waals surface area contributed by atoms with Crippen molar-refractivity contribution in [3.8, 4) is 0 Å². The molecule has 21 heavy (non-hydrogen) atoms. The molecule has 1 unspecified atom stereocenters. The Labute approximate surface area is 122 Å². The standard InChI is InChI=1S/C15H20F3NO2/c1-14(2,3)11-6-4-10(5-7-11)12(20)9-19-13(21)8-15(16,17)18/h4-7,12,20H,8-9H2,1-3H3,(H,19,21). The molecule has 0 spiro atoms. The van der Waals surface area contributed by atoms with Gasteiger partial charge in [0.25, 0.3) is 0 Å². The molecule has 2 N–H and O–H groups in total. The molecule has 0 saturated heterocycles. The van der Waals surface area contributed by atoms with Gasteiger partial charge in [-0.3, -0.25) is 4.79 Å². The molecule has 6 heteroatoms. The highest BCUT2D eigenvalue weighted by Crippen LogP contribution is 2.24. The lowest BCUT2D eigenvalue weighted by Gasteiger charge is -2.20. The zero-order chi connectivity index (χ0) is 16.3. The second kappa shape index (κ2) is 6.47. The van der Waals surface area contributed by atoms with E-state index in [-0.39, 0.29) is 12.0 Å². The number of aliphatic hydroxyl groups excluding tert-OH is 1. The number of rotatable bonds is 4. The van der Waals surface area contributed by atoms with Crippen molar-refractivity contribution in [2.45, 2.75) is 44.9 Å². The minimum atomic E-state index is -4.54. The average Bonchev–Trinajstić information content (AvgIpc) is 2.33. The van der Waals surface area contributed by atoms with Crippen molar-refractivity contribution < 1.29 is 23.1 Å². The van der Waals surface area contributed by atoms with Gasteiger partial charge in [0.15, 0.2) is 0 Å². The SMILES string of the molecule is CC(C)(C)c1ccc(C(O)CNC(=O)CC(F)(F)F)cc1. The minimum absolute atomic E-state index is 0.0234. The van der Waals surface area contributed by atoms with Crippen molar-refractivity contribution in [3.63, 3.8) is 0 Å². The fourth-order valence-electron chi connectivity index (χ4n) is 1.78. The van der Waals surface area contributed by atoms with Gasteiger partial charge in [-0.25, -0.2) is 0 Å². The molecular formula is C15H20F3NO2. The van der Waals surface area contributed by atoms with E-state index in [1.54, 1.807) is 12.1 Å². The molecule has 118 valence electrons. The summed E-state index contributed by atoms with van der Waals surface area (Å²) in [4.78, 5) is 11.0. The van der Waals surface area contributed by atoms with Gasteiger partial charge in [-0.1, -0.05) is 45.0 Å². The van der Waals surface area contributed by atoms with Crippen LogP contribution in [0.15, 0.2) is 24.3 Å². The number of carbonyl (C=O) groups is 1. The Morgan fingerprint density at radius 3 is 2.14 bits per heavy atom. The van der Waals surface area contributed by atoms with Crippen LogP contribution in [0, 0.1) is 0 Å². The topological polar surface area (TPSA) is 49.3 Å². The van der Waals surface area contributed by atoms with Crippen molar-refractivity contribution in [2.24, 2.45) is 0 Å². The summed E-state index contributed by atoms with van der Waals surface area (Å²) in [5.41, 5.74) is 1.61. The Hall–Kier alpha value is -1.56. The van der Waals surface area contributed by atoms with Crippen molar-refractivity contribution in [2.75, 3.05) is 6.54 Å². The largest absolute Gasteiger partial charge is 0.397 e. The smallest absolute Gasteiger partial charge is 0.387 e. The van der Waals surface area contributed by atoms with E-state index in [9.17, 15) is 23.1 Å². The Balaban J connectivity index is 2.56. The van der Waals surface area contributed by atoms with E-state index in [0.717, 1.165) is 5.56 Å². The maximum atomic E-state index is 12.0. The number of halogens is 3. The average molecular weight is 303 g/mol. The number of hydrogen-bond acceptors (Lipinski definition) is 2. The summed E-state index contributed by atoms with van der Waals surface area (Å²) in [5, 5.41) is 11.9. The van der Waals surface area contributed by atoms with Crippen LogP contribution in [0.25, 0.3) is 0 Å². The third-order valence-electron chi connectivity index (χ3n) is 3.02. The van der Waals surface area contributed by atoms with Gasteiger partial charge < -0.3 is 10.4 Å². The lowest BCUT2D eigenvalue weighted by atomic mass is 9.86. The maximum Gasteiger partial charge on any atom is 0.397 e. The van der Waals surface area contributed by atoms with Crippen LogP contribution >= 0.6 is 0 Å². The first kappa shape index (κ1) is 17.5. The van der Waals surface area contributed by atoms with E-state index in [2.05, 4.69) is 26.1 Å². The zero-order valence-corrected chi connectivity index (χ0v) is 12.3. The summed E-state index contributed by atoms with van der Waals surface area (Å²) < 4.78 is 36.0. The normalized spacial score (nSPS) is 13.9. The highest BCUT2D eigenvalue weighted by molar-refractivity contribution is 5.76. The Kier molecular flexibility index (Phi) is 5.39. The summed E-state index contributed by atoms with van der Waals surface area (Å²) in [6.07, 6.45) is -7.11. The van der Waals surface area contributed by atoms with Gasteiger partial charge in [0.05, 0.1) is 6.10 Å². The van der Waals surface area contributed by atoms with Gasteiger partial charge in [-0.15, -0.1) is 0 Å². The highest BCUT2D eigenvalue weighted by Gasteiger charge is 2.31. The quantitative estimate of drug-likeness (QED) is 0.898. The van der Waals surface area contributed by atoms with Crippen LogP contribution < -0.4 is 5.32 Å². The van der Waals surface area contributed by atoms with Crippen LogP contribution in [0.2, 0.25) is 0 Å². The number of nitrogens with one attached hydrogen (secondary N) is 1. The number of aliphatic hydroxyl groups is 1. The predicted molar refractivity (Wildman–Crippen MR) is 73.8 cm³/mol. The van der Waals surface area contributed by atoms with Gasteiger partial charge in [0, 0.05) is 6.54 Å². The zero-order valence-electron chi connectivity index (χ0n) is 12.3. The van der Waals surface area contributed by atoms with Gasteiger partial charge in [-0.2, -0.15) is 13.2 Å². The van der Waals surface area contributed by atoms with E-state index in [0.29, 0.717) is 5.56 Å². The third-order valence-corrected chi connectivity index (χ3v) is 3.02. The lowest BCUT2D eigenvalue weighted by molar-refractivity contribution is -0.154. The Morgan fingerprint density at radius 2 is 1.71 bits per heavy atom. The van der Waals surface area contributed by atoms with E-state index in [4.69, 9.17) is 0 Å². The molecule has 0 radical (unpaired) electrons. The summed E-state index contributed by atoms with van der Waals surface area (Å²) >= 11 is 0. The molecule has 1 aromatic rings. The van der Waals surface area contributed by atoms with Crippen molar-refractivity contribution in [1.29, 1.82) is 0 Å². The summed E-state index contributed by atoms with van der Waals surface area (Å²) in [6.45, 7) is 5.91. The van der Waals surface area contributed by atoms with Crippen LogP contribution in [0.5, 0.6) is 0 Å². The maximum absolute atomic E-state index is 12.0. The number of alkyl halides is 3. The van der Waals surface area contributed by atoms with Crippen LogP contribution in [0.3, 0.4) is 0 Å². The molecule has 1 amide bonds. The minimum Gasteiger partial charge on any atom is -0.387 e. The number of amides is 1. The molecule has 1 atom stereocenters. The number of carbonyl (C=O) groups excluding carboxylic acids is 1. The first-order valence-corrected chi connectivity index (χ1v) is 6.61. The van der Waals surface area contributed by atoms with E-state index < -0.39 is 24.6 Å². The number of hydrogen-bond donors (Lipinski definition) is 2. The fourth-order valence-corrected chi connectivity index (χ4v) is 1.78. The second-order valence-corrected chi connectivity index (χ2v) is 5.98. The molecule has 0 aliphatic carbocycles. The summed E-state index contributed by atoms with van der Waals surface area (Å²) in [7, 11) is 0. The van der Waals surface area contributed by atoms with E-state index in [1.165, 1.54) is 0 Å². The molecule has 0 aromatic heterocycles. The lowest BCUT2D eigenvalue weighted by Crippen LogP contribution is -2.31. The van der Waals surface area contributed by atoms with Gasteiger partial charge in [-0.05, 0) is 16.5 Å². The molecule has 0 heterocycles. The third kappa shape index (κ3) is 6.16. The van der Waals surface area contributed by atoms with Crippen LogP contribution in [-0.2, 0) is 10.2 Å². The van der Waals surface area contributed by atoms with Gasteiger partial charge >= 0.3 is 6.18 Å². The molecular weight excluding hydrogens is 283 g/mol. The molecule has 3 nitrogen and oxygen atoms in total. The summed E-state index contributed by atoms with van der Waals surface area (Å²) in [5.74, 6) is -1.15. The fraction of sp³-hybridized carbons (Fsp3) is 0.533. The van der Waals surface area contributed by atoms with Crippen molar-refractivity contribution in [1.82, 2.24) is 5.32 Å². The molecule has 0 fully saturated rings. The predicted octanol–water partition coefficient (Wildman–Crippen LogP) is 3.09. The second-order valence-electron chi connectivity index (χ2n) is 5.98. The molecule has 0 bridgehead atoms. The van der Waals surface area contributed by atoms with Crippen molar-refractivity contribution >= 4 is 5.91 Å². The first-order valence-electron chi connectivity index (χ1n) is 6.61. The molecule has 0 saturated carbocycles. The van der Waals surface area contributed by atoms with Crippen LogP contribution in [-0.4, -0.2) is 23.7 Å². The molecule has 1 aromatic carbocycles. The molecule has 1 rings (SSSR count). The van der Waals surface area contributed by atoms with Gasteiger partial charge in [0.2, 0.25) is 5.91 Å². The first-order chi connectivity index (χ1) is 9.49. The Bertz CT molecular complexity index is 475. The monoisotopic (exact) mass is 303 g/mol. The summed E-state index contributed by atoms with van der Waals surface area (Å²) in [6, 6.07) is 7.13. The van der Waals surface area contributed by atoms with Crippen LogP contribution in [0.4, 0.5) is 13.2 Å². The Morgan fingerprint density at radius 1 is 1.19 bits per heavy atom. The van der Waals surface area contributed by atoms with Crippen LogP contribution in [0.1, 0.15) is 44.4 Å². The van der Waals surface area contributed by atoms with Gasteiger partial charge in [0.1, 0.15) is 6.42 Å². The van der Waals surface area contributed by atoms with E-state index >= 15 is 0 Å².